The molecule has 8 nitrogen and oxygen atoms in total. The monoisotopic (exact) mass is 342 g/mol. The van der Waals surface area contributed by atoms with E-state index in [-0.39, 0.29) is 18.1 Å². The number of nitrogens with zero attached hydrogens (tertiary/aromatic N) is 2. The van der Waals surface area contributed by atoms with Crippen LogP contribution in [0, 0.1) is 10.1 Å². The summed E-state index contributed by atoms with van der Waals surface area (Å²) in [6.45, 7) is 2.51. The second-order valence-electron chi connectivity index (χ2n) is 4.92. The Morgan fingerprint density at radius 3 is 2.64 bits per heavy atom. The third kappa shape index (κ3) is 5.61. The van der Waals surface area contributed by atoms with E-state index in [1.165, 1.54) is 12.3 Å². The third-order valence-corrected chi connectivity index (χ3v) is 3.14. The molecule has 0 saturated carbocycles. The van der Waals surface area contributed by atoms with Crippen molar-refractivity contribution < 1.29 is 14.5 Å². The summed E-state index contributed by atoms with van der Waals surface area (Å²) in [5.74, 6) is 0.385. The molecular formula is C17H18N4O4. The average molecular weight is 342 g/mol. The lowest BCUT2D eigenvalue weighted by Crippen LogP contribution is -2.25. The molecule has 0 saturated heterocycles. The minimum Gasteiger partial charge on any atom is -0.494 e. The number of amides is 1. The third-order valence-electron chi connectivity index (χ3n) is 3.14. The number of ether oxygens (including phenoxy) is 1. The number of carbonyl (C=O) groups is 1. The lowest BCUT2D eigenvalue weighted by molar-refractivity contribution is -0.385. The van der Waals surface area contributed by atoms with Crippen molar-refractivity contribution in [1.29, 1.82) is 0 Å². The van der Waals surface area contributed by atoms with Crippen molar-refractivity contribution in [2.24, 2.45) is 5.10 Å². The Morgan fingerprint density at radius 2 is 1.96 bits per heavy atom. The number of anilines is 1. The summed E-state index contributed by atoms with van der Waals surface area (Å²) in [6.07, 6.45) is 1.24. The van der Waals surface area contributed by atoms with Gasteiger partial charge in [0.2, 0.25) is 0 Å². The number of nitro groups is 1. The molecular weight excluding hydrogens is 324 g/mol. The molecule has 0 aromatic heterocycles. The fraction of sp³-hybridized carbons (Fsp3) is 0.176. The van der Waals surface area contributed by atoms with Crippen molar-refractivity contribution in [2.45, 2.75) is 6.92 Å². The van der Waals surface area contributed by atoms with E-state index >= 15 is 0 Å². The summed E-state index contributed by atoms with van der Waals surface area (Å²) >= 11 is 0. The minimum atomic E-state index is -0.503. The molecule has 0 unspecified atom stereocenters. The van der Waals surface area contributed by atoms with Gasteiger partial charge in [-0.15, -0.1) is 0 Å². The molecule has 0 heterocycles. The first-order valence-electron chi connectivity index (χ1n) is 7.62. The van der Waals surface area contributed by atoms with E-state index in [0.717, 1.165) is 11.4 Å². The Balaban J connectivity index is 1.83. The first kappa shape index (κ1) is 17.9. The van der Waals surface area contributed by atoms with E-state index in [2.05, 4.69) is 15.8 Å². The number of benzene rings is 2. The quantitative estimate of drug-likeness (QED) is 0.436. The maximum atomic E-state index is 11.7. The number of hydrogen-bond acceptors (Lipinski definition) is 6. The van der Waals surface area contributed by atoms with E-state index < -0.39 is 4.92 Å². The van der Waals surface area contributed by atoms with E-state index in [1.807, 2.05) is 6.92 Å². The van der Waals surface area contributed by atoms with Gasteiger partial charge in [0.1, 0.15) is 5.75 Å². The lowest BCUT2D eigenvalue weighted by atomic mass is 10.2. The Morgan fingerprint density at radius 1 is 1.24 bits per heavy atom. The highest BCUT2D eigenvalue weighted by Gasteiger charge is 2.10. The van der Waals surface area contributed by atoms with Gasteiger partial charge < -0.3 is 10.1 Å². The van der Waals surface area contributed by atoms with Crippen molar-refractivity contribution >= 4 is 23.5 Å². The fourth-order valence-corrected chi connectivity index (χ4v) is 1.99. The maximum absolute atomic E-state index is 11.7. The van der Waals surface area contributed by atoms with Crippen LogP contribution in [0.3, 0.4) is 0 Å². The van der Waals surface area contributed by atoms with Crippen molar-refractivity contribution in [2.75, 3.05) is 18.5 Å². The summed E-state index contributed by atoms with van der Waals surface area (Å²) in [7, 11) is 0. The van der Waals surface area contributed by atoms with Gasteiger partial charge in [-0.05, 0) is 37.3 Å². The standard InChI is InChI=1S/C17H18N4O4/c1-2-25-15-9-7-14(8-10-15)18-12-17(22)20-19-11-13-5-3-4-6-16(13)21(23)24/h3-11,18H,2,12H2,1H3,(H,20,22)/b19-11+. The molecule has 0 aliphatic carbocycles. The highest BCUT2D eigenvalue weighted by atomic mass is 16.6. The molecule has 25 heavy (non-hydrogen) atoms. The van der Waals surface area contributed by atoms with Crippen LogP contribution in [0.15, 0.2) is 53.6 Å². The van der Waals surface area contributed by atoms with E-state index in [1.54, 1.807) is 42.5 Å². The van der Waals surface area contributed by atoms with E-state index in [4.69, 9.17) is 4.74 Å². The maximum Gasteiger partial charge on any atom is 0.278 e. The van der Waals surface area contributed by atoms with Gasteiger partial charge >= 0.3 is 0 Å². The normalized spacial score (nSPS) is 10.4. The highest BCUT2D eigenvalue weighted by Crippen LogP contribution is 2.16. The first-order chi connectivity index (χ1) is 12.1. The van der Waals surface area contributed by atoms with Gasteiger partial charge in [0.25, 0.3) is 11.6 Å². The summed E-state index contributed by atoms with van der Waals surface area (Å²) in [4.78, 5) is 22.1. The van der Waals surface area contributed by atoms with Gasteiger partial charge in [-0.2, -0.15) is 5.10 Å². The Bertz CT molecular complexity index is 759. The molecule has 0 aliphatic heterocycles. The number of rotatable bonds is 8. The SMILES string of the molecule is CCOc1ccc(NCC(=O)N/N=C/c2ccccc2[N+](=O)[O-])cc1. The summed E-state index contributed by atoms with van der Waals surface area (Å²) in [6, 6.07) is 13.3. The smallest absolute Gasteiger partial charge is 0.278 e. The number of hydrazone groups is 1. The molecule has 1 amide bonds. The molecule has 0 radical (unpaired) electrons. The largest absolute Gasteiger partial charge is 0.494 e. The number of carbonyl (C=O) groups excluding carboxylic acids is 1. The summed E-state index contributed by atoms with van der Waals surface area (Å²) < 4.78 is 5.33. The van der Waals surface area contributed by atoms with Crippen molar-refractivity contribution in [1.82, 2.24) is 5.43 Å². The van der Waals surface area contributed by atoms with Crippen molar-refractivity contribution in [3.05, 3.63) is 64.2 Å². The van der Waals surface area contributed by atoms with Crippen LogP contribution in [0.2, 0.25) is 0 Å². The number of nitro benzene ring substituents is 1. The van der Waals surface area contributed by atoms with Gasteiger partial charge in [-0.3, -0.25) is 14.9 Å². The zero-order valence-corrected chi connectivity index (χ0v) is 13.6. The van der Waals surface area contributed by atoms with Gasteiger partial charge in [-0.25, -0.2) is 5.43 Å². The molecule has 2 rings (SSSR count). The van der Waals surface area contributed by atoms with E-state index in [0.29, 0.717) is 12.2 Å². The van der Waals surface area contributed by atoms with Crippen LogP contribution >= 0.6 is 0 Å². The lowest BCUT2D eigenvalue weighted by Gasteiger charge is -2.07. The van der Waals surface area contributed by atoms with Crippen LogP contribution in [-0.4, -0.2) is 30.2 Å². The zero-order chi connectivity index (χ0) is 18.1. The van der Waals surface area contributed by atoms with Gasteiger partial charge in [0.15, 0.2) is 0 Å². The molecule has 0 fully saturated rings. The minimum absolute atomic E-state index is 0.0161. The molecule has 0 aliphatic rings. The molecule has 0 spiro atoms. The summed E-state index contributed by atoms with van der Waals surface area (Å²) in [5.41, 5.74) is 3.32. The molecule has 0 bridgehead atoms. The Kier molecular flexibility index (Phi) is 6.47. The predicted octanol–water partition coefficient (Wildman–Crippen LogP) is 2.56. The number of hydrogen-bond donors (Lipinski definition) is 2. The summed E-state index contributed by atoms with van der Waals surface area (Å²) in [5, 5.41) is 17.6. The zero-order valence-electron chi connectivity index (χ0n) is 13.6. The van der Waals surface area contributed by atoms with Crippen LogP contribution in [0.25, 0.3) is 0 Å². The average Bonchev–Trinajstić information content (AvgIpc) is 2.61. The Labute approximate surface area is 144 Å². The van der Waals surface area contributed by atoms with Gasteiger partial charge in [-0.1, -0.05) is 12.1 Å². The van der Waals surface area contributed by atoms with Crippen LogP contribution < -0.4 is 15.5 Å². The molecule has 2 N–H and O–H groups in total. The highest BCUT2D eigenvalue weighted by molar-refractivity contribution is 5.87. The van der Waals surface area contributed by atoms with Crippen molar-refractivity contribution in [3.63, 3.8) is 0 Å². The van der Waals surface area contributed by atoms with Crippen LogP contribution in [0.1, 0.15) is 12.5 Å². The number of para-hydroxylation sites is 1. The molecule has 8 heteroatoms. The molecule has 0 atom stereocenters. The van der Waals surface area contributed by atoms with Gasteiger partial charge in [0.05, 0.1) is 29.9 Å². The fourth-order valence-electron chi connectivity index (χ4n) is 1.99. The van der Waals surface area contributed by atoms with Crippen LogP contribution in [0.4, 0.5) is 11.4 Å². The second-order valence-corrected chi connectivity index (χ2v) is 4.92. The van der Waals surface area contributed by atoms with E-state index in [9.17, 15) is 14.9 Å². The van der Waals surface area contributed by atoms with Crippen molar-refractivity contribution in [3.8, 4) is 5.75 Å². The van der Waals surface area contributed by atoms with Crippen LogP contribution in [-0.2, 0) is 4.79 Å². The Hall–Kier alpha value is -3.42. The predicted molar refractivity (Wildman–Crippen MR) is 94.9 cm³/mol. The number of nitrogens with one attached hydrogen (secondary N) is 2. The first-order valence-corrected chi connectivity index (χ1v) is 7.62. The second kappa shape index (κ2) is 9.02. The molecule has 130 valence electrons. The molecule has 2 aromatic carbocycles. The topological polar surface area (TPSA) is 106 Å². The van der Waals surface area contributed by atoms with Crippen LogP contribution in [0.5, 0.6) is 5.75 Å². The molecule has 2 aromatic rings. The van der Waals surface area contributed by atoms with Gasteiger partial charge in [0, 0.05) is 11.8 Å².